The fourth-order valence-corrected chi connectivity index (χ4v) is 5.65. The number of nitrogens with zero attached hydrogens (tertiary/aromatic N) is 3. The first-order valence-corrected chi connectivity index (χ1v) is 12.3. The molecule has 3 aliphatic rings. The Morgan fingerprint density at radius 2 is 1.62 bits per heavy atom. The Morgan fingerprint density at radius 3 is 2.25 bits per heavy atom. The zero-order chi connectivity index (χ0) is 21.8. The van der Waals surface area contributed by atoms with Crippen molar-refractivity contribution in [2.75, 3.05) is 31.7 Å². The molecule has 32 heavy (non-hydrogen) atoms. The number of piperidine rings is 1. The van der Waals surface area contributed by atoms with E-state index in [2.05, 4.69) is 14.9 Å². The van der Waals surface area contributed by atoms with Crippen LogP contribution < -0.4 is 9.64 Å². The van der Waals surface area contributed by atoms with E-state index in [1.54, 1.807) is 0 Å². The van der Waals surface area contributed by atoms with Crippen LogP contribution in [0.2, 0.25) is 0 Å². The lowest BCUT2D eigenvalue weighted by atomic mass is 9.78. The van der Waals surface area contributed by atoms with Crippen molar-refractivity contribution in [1.29, 1.82) is 0 Å². The number of rotatable bonds is 6. The minimum absolute atomic E-state index is 0.0697. The van der Waals surface area contributed by atoms with Gasteiger partial charge >= 0.3 is 0 Å². The van der Waals surface area contributed by atoms with Gasteiger partial charge < -0.3 is 19.1 Å². The summed E-state index contributed by atoms with van der Waals surface area (Å²) in [5.74, 6) is 2.29. The van der Waals surface area contributed by atoms with Gasteiger partial charge in [0, 0.05) is 32.2 Å². The molecule has 6 nitrogen and oxygen atoms in total. The Labute approximate surface area is 191 Å². The summed E-state index contributed by atoms with van der Waals surface area (Å²) in [6, 6.07) is 7.98. The van der Waals surface area contributed by atoms with Crippen molar-refractivity contribution in [3.8, 4) is 17.1 Å². The first-order chi connectivity index (χ1) is 15.8. The molecule has 0 bridgehead atoms. The summed E-state index contributed by atoms with van der Waals surface area (Å²) in [7, 11) is 1.91. The van der Waals surface area contributed by atoms with E-state index >= 15 is 0 Å². The Balaban J connectivity index is 1.19. The predicted molar refractivity (Wildman–Crippen MR) is 125 cm³/mol. The number of ether oxygens (including phenoxy) is 3. The van der Waals surface area contributed by atoms with Crippen molar-refractivity contribution in [1.82, 2.24) is 9.97 Å². The van der Waals surface area contributed by atoms with Gasteiger partial charge in [0.05, 0.1) is 30.3 Å². The summed E-state index contributed by atoms with van der Waals surface area (Å²) >= 11 is 0. The molecule has 3 heterocycles. The van der Waals surface area contributed by atoms with E-state index < -0.39 is 0 Å². The Kier molecular flexibility index (Phi) is 6.60. The van der Waals surface area contributed by atoms with Crippen molar-refractivity contribution < 1.29 is 14.2 Å². The van der Waals surface area contributed by atoms with Crippen LogP contribution in [-0.4, -0.2) is 48.7 Å². The van der Waals surface area contributed by atoms with Crippen LogP contribution in [0.1, 0.15) is 57.8 Å². The molecule has 2 aliphatic heterocycles. The van der Waals surface area contributed by atoms with Crippen LogP contribution in [0.15, 0.2) is 36.7 Å². The molecule has 172 valence electrons. The highest BCUT2D eigenvalue weighted by atomic mass is 16.7. The molecule has 0 amide bonds. The second-order valence-electron chi connectivity index (χ2n) is 9.44. The molecule has 0 radical (unpaired) electrons. The summed E-state index contributed by atoms with van der Waals surface area (Å²) in [5, 5.41) is 0. The Morgan fingerprint density at radius 1 is 0.938 bits per heavy atom. The lowest BCUT2D eigenvalue weighted by Crippen LogP contribution is -2.49. The fraction of sp³-hybridized carbons (Fsp3) is 0.615. The lowest BCUT2D eigenvalue weighted by Gasteiger charge is -2.45. The molecule has 1 unspecified atom stereocenters. The second-order valence-corrected chi connectivity index (χ2v) is 9.44. The van der Waals surface area contributed by atoms with Gasteiger partial charge in [-0.15, -0.1) is 0 Å². The average Bonchev–Trinajstić information content (AvgIpc) is 3.41. The SMILES string of the molecule is COC1(C2CCCC2)CCN(c2cnc(-c3ccc(OC4CCCCO4)cc3)nc2)CC1. The molecule has 5 rings (SSSR count). The molecular formula is C26H35N3O3. The van der Waals surface area contributed by atoms with Gasteiger partial charge in [-0.3, -0.25) is 0 Å². The standard InChI is InChI=1S/C26H35N3O3/c1-30-26(21-6-2-3-7-21)13-15-29(16-14-26)22-18-27-25(28-19-22)20-9-11-23(12-10-20)32-24-8-4-5-17-31-24/h9-12,18-19,21,24H,2-8,13-17H2,1H3. The normalized spacial score (nSPS) is 23.9. The molecule has 1 aromatic carbocycles. The number of hydrogen-bond donors (Lipinski definition) is 0. The van der Waals surface area contributed by atoms with Gasteiger partial charge in [0.2, 0.25) is 0 Å². The van der Waals surface area contributed by atoms with E-state index in [1.165, 1.54) is 25.7 Å². The van der Waals surface area contributed by atoms with Crippen LogP contribution in [0.3, 0.4) is 0 Å². The van der Waals surface area contributed by atoms with Crippen molar-refractivity contribution in [2.24, 2.45) is 5.92 Å². The molecule has 3 fully saturated rings. The summed E-state index contributed by atoms with van der Waals surface area (Å²) in [4.78, 5) is 11.7. The van der Waals surface area contributed by atoms with E-state index in [-0.39, 0.29) is 11.9 Å². The molecule has 1 aliphatic carbocycles. The van der Waals surface area contributed by atoms with Gasteiger partial charge in [-0.1, -0.05) is 12.8 Å². The first-order valence-electron chi connectivity index (χ1n) is 12.3. The monoisotopic (exact) mass is 437 g/mol. The molecule has 0 N–H and O–H groups in total. The fourth-order valence-electron chi connectivity index (χ4n) is 5.65. The lowest BCUT2D eigenvalue weighted by molar-refractivity contribution is -0.105. The molecule has 1 aromatic heterocycles. The number of aromatic nitrogens is 2. The summed E-state index contributed by atoms with van der Waals surface area (Å²) in [5.41, 5.74) is 2.16. The number of benzene rings is 1. The molecular weight excluding hydrogens is 402 g/mol. The van der Waals surface area contributed by atoms with E-state index in [1.807, 2.05) is 43.8 Å². The molecule has 1 atom stereocenters. The Bertz CT molecular complexity index is 851. The van der Waals surface area contributed by atoms with Gasteiger partial charge in [0.15, 0.2) is 12.1 Å². The third kappa shape index (κ3) is 4.62. The van der Waals surface area contributed by atoms with Crippen molar-refractivity contribution in [3.63, 3.8) is 0 Å². The molecule has 2 saturated heterocycles. The maximum Gasteiger partial charge on any atom is 0.199 e. The van der Waals surface area contributed by atoms with Gasteiger partial charge in [-0.05, 0) is 68.7 Å². The largest absolute Gasteiger partial charge is 0.465 e. The number of methoxy groups -OCH3 is 1. The predicted octanol–water partition coefficient (Wildman–Crippen LogP) is 5.22. The van der Waals surface area contributed by atoms with E-state index in [9.17, 15) is 0 Å². The third-order valence-electron chi connectivity index (χ3n) is 7.64. The highest BCUT2D eigenvalue weighted by molar-refractivity contribution is 5.57. The number of anilines is 1. The van der Waals surface area contributed by atoms with Crippen molar-refractivity contribution in [2.45, 2.75) is 69.7 Å². The molecule has 6 heteroatoms. The van der Waals surface area contributed by atoms with Crippen LogP contribution in [0.25, 0.3) is 11.4 Å². The van der Waals surface area contributed by atoms with E-state index in [4.69, 9.17) is 14.2 Å². The van der Waals surface area contributed by atoms with Crippen LogP contribution >= 0.6 is 0 Å². The first kappa shape index (κ1) is 21.7. The van der Waals surface area contributed by atoms with E-state index in [0.29, 0.717) is 0 Å². The minimum Gasteiger partial charge on any atom is -0.465 e. The van der Waals surface area contributed by atoms with Crippen molar-refractivity contribution >= 4 is 5.69 Å². The van der Waals surface area contributed by atoms with Gasteiger partial charge in [-0.25, -0.2) is 9.97 Å². The number of hydrogen-bond acceptors (Lipinski definition) is 6. The van der Waals surface area contributed by atoms with Crippen LogP contribution in [-0.2, 0) is 9.47 Å². The molecule has 2 aromatic rings. The topological polar surface area (TPSA) is 56.7 Å². The third-order valence-corrected chi connectivity index (χ3v) is 7.64. The van der Waals surface area contributed by atoms with Gasteiger partial charge in [0.25, 0.3) is 0 Å². The Hall–Kier alpha value is -2.18. The highest BCUT2D eigenvalue weighted by Crippen LogP contribution is 2.43. The molecule has 1 saturated carbocycles. The summed E-state index contributed by atoms with van der Waals surface area (Å²) < 4.78 is 17.7. The maximum atomic E-state index is 6.11. The van der Waals surface area contributed by atoms with Crippen LogP contribution in [0, 0.1) is 5.92 Å². The highest BCUT2D eigenvalue weighted by Gasteiger charge is 2.42. The van der Waals surface area contributed by atoms with Crippen molar-refractivity contribution in [3.05, 3.63) is 36.7 Å². The second kappa shape index (κ2) is 9.75. The van der Waals surface area contributed by atoms with Crippen LogP contribution in [0.5, 0.6) is 5.75 Å². The quantitative estimate of drug-likeness (QED) is 0.617. The van der Waals surface area contributed by atoms with Gasteiger partial charge in [0.1, 0.15) is 5.75 Å². The van der Waals surface area contributed by atoms with Gasteiger partial charge in [-0.2, -0.15) is 0 Å². The average molecular weight is 438 g/mol. The maximum absolute atomic E-state index is 6.11. The zero-order valence-electron chi connectivity index (χ0n) is 19.2. The zero-order valence-corrected chi connectivity index (χ0v) is 19.2. The summed E-state index contributed by atoms with van der Waals surface area (Å²) in [6.07, 6.45) is 14.6. The smallest absolute Gasteiger partial charge is 0.199 e. The molecule has 0 spiro atoms. The summed E-state index contributed by atoms with van der Waals surface area (Å²) in [6.45, 7) is 2.79. The van der Waals surface area contributed by atoms with E-state index in [0.717, 1.165) is 80.5 Å². The van der Waals surface area contributed by atoms with Crippen LogP contribution in [0.4, 0.5) is 5.69 Å². The minimum atomic E-state index is -0.125.